The lowest BCUT2D eigenvalue weighted by Crippen LogP contribution is -2.37. The number of rotatable bonds is 4. The van der Waals surface area contributed by atoms with Gasteiger partial charge in [0.1, 0.15) is 11.5 Å². The molecule has 0 radical (unpaired) electrons. The van der Waals surface area contributed by atoms with Gasteiger partial charge in [-0.05, 0) is 43.0 Å². The highest BCUT2D eigenvalue weighted by atomic mass is 16.5. The summed E-state index contributed by atoms with van der Waals surface area (Å²) in [6.45, 7) is 1.97. The molecule has 1 aliphatic carbocycles. The molecule has 150 valence electrons. The van der Waals surface area contributed by atoms with Gasteiger partial charge in [0.15, 0.2) is 0 Å². The Kier molecular flexibility index (Phi) is 5.14. The molecule has 4 rings (SSSR count). The summed E-state index contributed by atoms with van der Waals surface area (Å²) in [5.41, 5.74) is 2.40. The average Bonchev–Trinajstić information content (AvgIpc) is 3.35. The van der Waals surface area contributed by atoms with Crippen LogP contribution in [0.3, 0.4) is 0 Å². The van der Waals surface area contributed by atoms with Crippen LogP contribution < -0.4 is 4.74 Å². The Morgan fingerprint density at radius 3 is 2.38 bits per heavy atom. The SMILES string of the molecule is COc1ccccc1/C(O)=C1\C(=O)C(=O)N(C2CCCC2)C1c1ccccc1C. The fraction of sp³-hybridized carbons (Fsp3) is 0.333. The molecule has 5 nitrogen and oxygen atoms in total. The zero-order valence-electron chi connectivity index (χ0n) is 16.7. The summed E-state index contributed by atoms with van der Waals surface area (Å²) >= 11 is 0. The number of benzene rings is 2. The first-order valence-corrected chi connectivity index (χ1v) is 10.0. The standard InChI is InChI=1S/C24H25NO4/c1-15-9-3-6-12-17(15)21-20(22(26)18-13-7-8-14-19(18)29-2)23(27)24(28)25(21)16-10-4-5-11-16/h3,6-9,12-14,16,21,26H,4-5,10-11H2,1-2H3/b22-20+. The molecule has 1 saturated heterocycles. The van der Waals surface area contributed by atoms with Crippen LogP contribution in [0.25, 0.3) is 5.76 Å². The maximum absolute atomic E-state index is 13.1. The normalized spacial score (nSPS) is 21.7. The number of likely N-dealkylation sites (tertiary alicyclic amines) is 1. The molecular formula is C24H25NO4. The third-order valence-electron chi connectivity index (χ3n) is 6.04. The number of Topliss-reactive ketones (excluding diaryl/α,β-unsaturated/α-hetero) is 1. The van der Waals surface area contributed by atoms with Gasteiger partial charge in [0.05, 0.1) is 24.3 Å². The molecule has 5 heteroatoms. The van der Waals surface area contributed by atoms with Crippen molar-refractivity contribution in [3.05, 3.63) is 70.8 Å². The highest BCUT2D eigenvalue weighted by molar-refractivity contribution is 6.46. The molecule has 1 heterocycles. The first-order chi connectivity index (χ1) is 14.0. The van der Waals surface area contributed by atoms with Crippen molar-refractivity contribution in [2.45, 2.75) is 44.7 Å². The number of methoxy groups -OCH3 is 1. The van der Waals surface area contributed by atoms with Gasteiger partial charge in [-0.15, -0.1) is 0 Å². The fourth-order valence-corrected chi connectivity index (χ4v) is 4.59. The molecule has 0 bridgehead atoms. The highest BCUT2D eigenvalue weighted by Gasteiger charge is 2.49. The number of aliphatic hydroxyl groups excluding tert-OH is 1. The van der Waals surface area contributed by atoms with Crippen LogP contribution in [0, 0.1) is 6.92 Å². The third-order valence-corrected chi connectivity index (χ3v) is 6.04. The highest BCUT2D eigenvalue weighted by Crippen LogP contribution is 2.45. The number of aryl methyl sites for hydroxylation is 1. The molecule has 0 aromatic heterocycles. The number of aliphatic hydroxyl groups is 1. The molecule has 1 N–H and O–H groups in total. The van der Waals surface area contributed by atoms with Gasteiger partial charge >= 0.3 is 0 Å². The van der Waals surface area contributed by atoms with E-state index in [4.69, 9.17) is 4.74 Å². The molecule has 2 aliphatic rings. The molecule has 2 aromatic rings. The summed E-state index contributed by atoms with van der Waals surface area (Å²) in [6.07, 6.45) is 3.84. The second-order valence-corrected chi connectivity index (χ2v) is 7.70. The largest absolute Gasteiger partial charge is 0.507 e. The van der Waals surface area contributed by atoms with Gasteiger partial charge in [-0.25, -0.2) is 0 Å². The van der Waals surface area contributed by atoms with E-state index in [1.807, 2.05) is 31.2 Å². The lowest BCUT2D eigenvalue weighted by Gasteiger charge is -2.31. The number of carbonyl (C=O) groups excluding carboxylic acids is 2. The van der Waals surface area contributed by atoms with E-state index >= 15 is 0 Å². The summed E-state index contributed by atoms with van der Waals surface area (Å²) in [7, 11) is 1.52. The van der Waals surface area contributed by atoms with Crippen LogP contribution in [0.1, 0.15) is 48.4 Å². The minimum absolute atomic E-state index is 0.0130. The van der Waals surface area contributed by atoms with E-state index in [2.05, 4.69) is 0 Å². The van der Waals surface area contributed by atoms with Gasteiger partial charge in [0, 0.05) is 6.04 Å². The molecular weight excluding hydrogens is 366 g/mol. The zero-order valence-corrected chi connectivity index (χ0v) is 16.7. The Hall–Kier alpha value is -3.08. The number of amides is 1. The first kappa shape index (κ1) is 19.2. The molecule has 0 spiro atoms. The third kappa shape index (κ3) is 3.20. The quantitative estimate of drug-likeness (QED) is 0.477. The van der Waals surface area contributed by atoms with Crippen LogP contribution in [0.4, 0.5) is 0 Å². The number of para-hydroxylation sites is 1. The van der Waals surface area contributed by atoms with Crippen molar-refractivity contribution in [1.82, 2.24) is 4.90 Å². The summed E-state index contributed by atoms with van der Waals surface area (Å²) in [6, 6.07) is 14.1. The van der Waals surface area contributed by atoms with Crippen LogP contribution >= 0.6 is 0 Å². The van der Waals surface area contributed by atoms with E-state index in [-0.39, 0.29) is 17.4 Å². The predicted molar refractivity (Wildman–Crippen MR) is 111 cm³/mol. The maximum Gasteiger partial charge on any atom is 0.295 e. The molecule has 1 saturated carbocycles. The van der Waals surface area contributed by atoms with Gasteiger partial charge < -0.3 is 14.7 Å². The lowest BCUT2D eigenvalue weighted by atomic mass is 9.92. The Morgan fingerprint density at radius 2 is 1.69 bits per heavy atom. The number of carbonyl (C=O) groups is 2. The molecule has 1 aliphatic heterocycles. The number of hydrogen-bond acceptors (Lipinski definition) is 4. The van der Waals surface area contributed by atoms with Crippen LogP contribution in [-0.2, 0) is 9.59 Å². The minimum Gasteiger partial charge on any atom is -0.507 e. The maximum atomic E-state index is 13.1. The second-order valence-electron chi connectivity index (χ2n) is 7.70. The molecule has 2 fully saturated rings. The monoisotopic (exact) mass is 391 g/mol. The van der Waals surface area contributed by atoms with Crippen molar-refractivity contribution >= 4 is 17.4 Å². The van der Waals surface area contributed by atoms with Gasteiger partial charge in [0.25, 0.3) is 11.7 Å². The predicted octanol–water partition coefficient (Wildman–Crippen LogP) is 4.37. The van der Waals surface area contributed by atoms with Crippen molar-refractivity contribution in [2.75, 3.05) is 7.11 Å². The molecule has 2 aromatic carbocycles. The van der Waals surface area contributed by atoms with Crippen LogP contribution in [0.5, 0.6) is 5.75 Å². The van der Waals surface area contributed by atoms with E-state index in [0.717, 1.165) is 36.8 Å². The van der Waals surface area contributed by atoms with Gasteiger partial charge in [-0.3, -0.25) is 9.59 Å². The lowest BCUT2D eigenvalue weighted by molar-refractivity contribution is -0.141. The van der Waals surface area contributed by atoms with Crippen LogP contribution in [0.2, 0.25) is 0 Å². The number of nitrogens with zero attached hydrogens (tertiary/aromatic N) is 1. The van der Waals surface area contributed by atoms with Crippen LogP contribution in [-0.4, -0.2) is 34.8 Å². The molecule has 29 heavy (non-hydrogen) atoms. The van der Waals surface area contributed by atoms with Crippen molar-refractivity contribution in [2.24, 2.45) is 0 Å². The Balaban J connectivity index is 1.94. The zero-order chi connectivity index (χ0) is 20.5. The van der Waals surface area contributed by atoms with Crippen molar-refractivity contribution in [3.63, 3.8) is 0 Å². The smallest absolute Gasteiger partial charge is 0.295 e. The number of ketones is 1. The van der Waals surface area contributed by atoms with Gasteiger partial charge in [-0.2, -0.15) is 0 Å². The summed E-state index contributed by atoms with van der Waals surface area (Å²) < 4.78 is 5.38. The van der Waals surface area contributed by atoms with Crippen molar-refractivity contribution in [1.29, 1.82) is 0 Å². The first-order valence-electron chi connectivity index (χ1n) is 10.0. The Morgan fingerprint density at radius 1 is 1.03 bits per heavy atom. The molecule has 1 amide bonds. The second kappa shape index (κ2) is 7.74. The Bertz CT molecular complexity index is 988. The summed E-state index contributed by atoms with van der Waals surface area (Å²) in [5, 5.41) is 11.2. The summed E-state index contributed by atoms with van der Waals surface area (Å²) in [4.78, 5) is 27.9. The van der Waals surface area contributed by atoms with Crippen LogP contribution in [0.15, 0.2) is 54.1 Å². The number of hydrogen-bond donors (Lipinski definition) is 1. The fourth-order valence-electron chi connectivity index (χ4n) is 4.59. The number of ether oxygens (including phenoxy) is 1. The van der Waals surface area contributed by atoms with E-state index in [0.29, 0.717) is 11.3 Å². The van der Waals surface area contributed by atoms with Crippen molar-refractivity contribution < 1.29 is 19.4 Å². The van der Waals surface area contributed by atoms with E-state index in [1.54, 1.807) is 29.2 Å². The Labute approximate surface area is 170 Å². The van der Waals surface area contributed by atoms with Gasteiger partial charge in [-0.1, -0.05) is 49.2 Å². The molecule has 1 atom stereocenters. The topological polar surface area (TPSA) is 66.8 Å². The summed E-state index contributed by atoms with van der Waals surface area (Å²) in [5.74, 6) is -0.884. The minimum atomic E-state index is -0.631. The van der Waals surface area contributed by atoms with E-state index < -0.39 is 17.7 Å². The van der Waals surface area contributed by atoms with E-state index in [9.17, 15) is 14.7 Å². The van der Waals surface area contributed by atoms with Crippen molar-refractivity contribution in [3.8, 4) is 5.75 Å². The van der Waals surface area contributed by atoms with E-state index in [1.165, 1.54) is 7.11 Å². The molecule has 1 unspecified atom stereocenters. The van der Waals surface area contributed by atoms with Gasteiger partial charge in [0.2, 0.25) is 0 Å². The average molecular weight is 391 g/mol.